The number of hydrogen-bond donors (Lipinski definition) is 1. The summed E-state index contributed by atoms with van der Waals surface area (Å²) in [6.45, 7) is 0. The van der Waals surface area contributed by atoms with E-state index in [1.807, 2.05) is 24.3 Å². The molecule has 0 saturated heterocycles. The summed E-state index contributed by atoms with van der Waals surface area (Å²) in [7, 11) is 1.39. The monoisotopic (exact) mass is 419 g/mol. The Morgan fingerprint density at radius 1 is 1.10 bits per heavy atom. The van der Waals surface area contributed by atoms with Gasteiger partial charge in [0.15, 0.2) is 11.6 Å². The van der Waals surface area contributed by atoms with Gasteiger partial charge in [-0.25, -0.2) is 13.8 Å². The minimum atomic E-state index is -0.549. The van der Waals surface area contributed by atoms with Crippen LogP contribution in [0.4, 0.5) is 4.39 Å². The predicted molar refractivity (Wildman–Crippen MR) is 115 cm³/mol. The van der Waals surface area contributed by atoms with Crippen molar-refractivity contribution in [2.75, 3.05) is 7.11 Å². The highest BCUT2D eigenvalue weighted by molar-refractivity contribution is 7.22. The number of methoxy groups -OCH3 is 1. The fourth-order valence-corrected chi connectivity index (χ4v) is 4.50. The summed E-state index contributed by atoms with van der Waals surface area (Å²) in [5.41, 5.74) is 0.550. The van der Waals surface area contributed by atoms with Gasteiger partial charge >= 0.3 is 5.69 Å². The van der Waals surface area contributed by atoms with E-state index in [0.29, 0.717) is 26.3 Å². The molecule has 2 aromatic carbocycles. The second-order valence-corrected chi connectivity index (χ2v) is 7.71. The number of aromatic amines is 1. The Bertz CT molecular complexity index is 1550. The highest BCUT2D eigenvalue weighted by Crippen LogP contribution is 2.33. The molecule has 6 nitrogen and oxygen atoms in total. The molecule has 5 aromatic rings. The molecule has 0 saturated carbocycles. The normalized spacial score (nSPS) is 11.3. The first-order chi connectivity index (χ1) is 14.6. The molecule has 0 radical (unpaired) electrons. The lowest BCUT2D eigenvalue weighted by atomic mass is 10.1. The van der Waals surface area contributed by atoms with E-state index in [-0.39, 0.29) is 5.75 Å². The summed E-state index contributed by atoms with van der Waals surface area (Å²) in [5, 5.41) is 1.58. The van der Waals surface area contributed by atoms with Crippen molar-refractivity contribution in [3.05, 3.63) is 87.6 Å². The molecule has 0 unspecified atom stereocenters. The molecule has 0 aliphatic heterocycles. The molecule has 0 aliphatic rings. The largest absolute Gasteiger partial charge is 0.494 e. The van der Waals surface area contributed by atoms with Gasteiger partial charge in [-0.2, -0.15) is 0 Å². The number of rotatable bonds is 3. The molecule has 3 heterocycles. The third-order valence-electron chi connectivity index (χ3n) is 4.90. The predicted octanol–water partition coefficient (Wildman–Crippen LogP) is 4.10. The Kier molecular flexibility index (Phi) is 4.22. The Hall–Kier alpha value is -3.78. The van der Waals surface area contributed by atoms with Crippen LogP contribution >= 0.6 is 11.3 Å². The summed E-state index contributed by atoms with van der Waals surface area (Å²) in [6, 6.07) is 13.6. The Balaban J connectivity index is 1.75. The zero-order valence-electron chi connectivity index (χ0n) is 15.7. The Labute approximate surface area is 172 Å². The van der Waals surface area contributed by atoms with E-state index in [4.69, 9.17) is 4.74 Å². The number of thiophene rings is 1. The molecule has 148 valence electrons. The maximum atomic E-state index is 13.7. The van der Waals surface area contributed by atoms with Crippen LogP contribution in [0.15, 0.2) is 70.5 Å². The van der Waals surface area contributed by atoms with Crippen LogP contribution < -0.4 is 16.0 Å². The van der Waals surface area contributed by atoms with Crippen molar-refractivity contribution < 1.29 is 9.13 Å². The average Bonchev–Trinajstić information content (AvgIpc) is 3.18. The molecule has 5 rings (SSSR count). The van der Waals surface area contributed by atoms with E-state index >= 15 is 0 Å². The number of H-pyrrole nitrogens is 1. The van der Waals surface area contributed by atoms with Gasteiger partial charge in [0.05, 0.1) is 24.5 Å². The smallest absolute Gasteiger partial charge is 0.333 e. The fourth-order valence-electron chi connectivity index (χ4n) is 3.46. The lowest BCUT2D eigenvalue weighted by molar-refractivity contribution is 0.387. The topological polar surface area (TPSA) is 77.0 Å². The van der Waals surface area contributed by atoms with Gasteiger partial charge in [0, 0.05) is 21.8 Å². The van der Waals surface area contributed by atoms with Gasteiger partial charge in [-0.1, -0.05) is 30.3 Å². The van der Waals surface area contributed by atoms with E-state index in [0.717, 1.165) is 15.3 Å². The number of ether oxygens (including phenoxy) is 1. The van der Waals surface area contributed by atoms with Crippen molar-refractivity contribution in [3.8, 4) is 21.9 Å². The molecule has 0 bridgehead atoms. The molecule has 30 heavy (non-hydrogen) atoms. The second kappa shape index (κ2) is 6.93. The van der Waals surface area contributed by atoms with Crippen LogP contribution in [0.5, 0.6) is 5.75 Å². The van der Waals surface area contributed by atoms with Crippen molar-refractivity contribution in [1.29, 1.82) is 0 Å². The first-order valence-corrected chi connectivity index (χ1v) is 9.84. The van der Waals surface area contributed by atoms with E-state index in [1.54, 1.807) is 24.4 Å². The van der Waals surface area contributed by atoms with E-state index in [1.165, 1.54) is 30.7 Å². The summed E-state index contributed by atoms with van der Waals surface area (Å²) in [6.07, 6.45) is 3.19. The summed E-state index contributed by atoms with van der Waals surface area (Å²) < 4.78 is 20.3. The van der Waals surface area contributed by atoms with Gasteiger partial charge in [0.2, 0.25) is 0 Å². The molecule has 0 amide bonds. The molecular formula is C22H14FN3O3S. The maximum absolute atomic E-state index is 13.7. The number of hydrogen-bond acceptors (Lipinski definition) is 5. The Morgan fingerprint density at radius 2 is 1.93 bits per heavy atom. The number of pyridine rings is 1. The van der Waals surface area contributed by atoms with Crippen molar-refractivity contribution in [1.82, 2.24) is 14.5 Å². The zero-order valence-corrected chi connectivity index (χ0v) is 16.5. The quantitative estimate of drug-likeness (QED) is 0.478. The highest BCUT2D eigenvalue weighted by Gasteiger charge is 2.16. The van der Waals surface area contributed by atoms with Gasteiger partial charge in [0.1, 0.15) is 4.70 Å². The number of aromatic nitrogens is 3. The summed E-state index contributed by atoms with van der Waals surface area (Å²) in [4.78, 5) is 33.7. The van der Waals surface area contributed by atoms with Gasteiger partial charge in [-0.3, -0.25) is 9.78 Å². The molecular weight excluding hydrogens is 405 g/mol. The summed E-state index contributed by atoms with van der Waals surface area (Å²) in [5.74, 6) is -0.362. The van der Waals surface area contributed by atoms with Crippen LogP contribution in [0.2, 0.25) is 0 Å². The second-order valence-electron chi connectivity index (χ2n) is 6.65. The SMILES string of the molecule is COc1cc(-c2cc3[nH]c(=O)n(-c4cncc5ccccc45)c(=O)c3s2)ccc1F. The molecule has 0 spiro atoms. The fraction of sp³-hybridized carbons (Fsp3) is 0.0455. The van der Waals surface area contributed by atoms with Crippen molar-refractivity contribution >= 4 is 32.3 Å². The van der Waals surface area contributed by atoms with Gasteiger partial charge in [-0.15, -0.1) is 11.3 Å². The number of benzene rings is 2. The standard InChI is InChI=1S/C22H14FN3O3S/c1-29-18-8-12(6-7-15(18)23)19-9-16-20(30-19)21(27)26(22(28)25-16)17-11-24-10-13-4-2-3-5-14(13)17/h2-11H,1H3,(H,25,28). The van der Waals surface area contributed by atoms with Crippen molar-refractivity contribution in [2.24, 2.45) is 0 Å². The lowest BCUT2D eigenvalue weighted by Crippen LogP contribution is -2.33. The first kappa shape index (κ1) is 18.3. The van der Waals surface area contributed by atoms with E-state index < -0.39 is 17.1 Å². The van der Waals surface area contributed by atoms with Crippen LogP contribution in [-0.4, -0.2) is 21.6 Å². The molecule has 1 N–H and O–H groups in total. The van der Waals surface area contributed by atoms with Gasteiger partial charge in [-0.05, 0) is 23.8 Å². The number of fused-ring (bicyclic) bond motifs is 2. The van der Waals surface area contributed by atoms with Gasteiger partial charge in [0.25, 0.3) is 5.56 Å². The number of nitrogens with one attached hydrogen (secondary N) is 1. The van der Waals surface area contributed by atoms with Crippen LogP contribution in [0.25, 0.3) is 37.1 Å². The first-order valence-electron chi connectivity index (χ1n) is 9.03. The number of halogens is 1. The molecule has 0 aliphatic carbocycles. The summed E-state index contributed by atoms with van der Waals surface area (Å²) >= 11 is 1.22. The molecule has 8 heteroatoms. The van der Waals surface area contributed by atoms with Crippen LogP contribution in [0.1, 0.15) is 0 Å². The molecule has 0 atom stereocenters. The van der Waals surface area contributed by atoms with Crippen molar-refractivity contribution in [3.63, 3.8) is 0 Å². The third-order valence-corrected chi connectivity index (χ3v) is 6.07. The van der Waals surface area contributed by atoms with Crippen LogP contribution in [-0.2, 0) is 0 Å². The van der Waals surface area contributed by atoms with E-state index in [2.05, 4.69) is 9.97 Å². The maximum Gasteiger partial charge on any atom is 0.333 e. The molecule has 3 aromatic heterocycles. The molecule has 0 fully saturated rings. The van der Waals surface area contributed by atoms with E-state index in [9.17, 15) is 14.0 Å². The average molecular weight is 419 g/mol. The van der Waals surface area contributed by atoms with Crippen LogP contribution in [0.3, 0.4) is 0 Å². The van der Waals surface area contributed by atoms with Crippen molar-refractivity contribution in [2.45, 2.75) is 0 Å². The minimum absolute atomic E-state index is 0.109. The Morgan fingerprint density at radius 3 is 2.77 bits per heavy atom. The van der Waals surface area contributed by atoms with Gasteiger partial charge < -0.3 is 9.72 Å². The zero-order chi connectivity index (χ0) is 20.8. The lowest BCUT2D eigenvalue weighted by Gasteiger charge is -2.07. The third kappa shape index (κ3) is 2.81. The highest BCUT2D eigenvalue weighted by atomic mass is 32.1. The minimum Gasteiger partial charge on any atom is -0.494 e. The number of nitrogens with zero attached hydrogens (tertiary/aromatic N) is 2. The van der Waals surface area contributed by atoms with Crippen LogP contribution in [0, 0.1) is 5.82 Å².